The molecule has 7 nitrogen and oxygen atoms in total. The topological polar surface area (TPSA) is 104 Å². The summed E-state index contributed by atoms with van der Waals surface area (Å²) in [5.74, 6) is -1.42. The van der Waals surface area contributed by atoms with Gasteiger partial charge in [0.2, 0.25) is 15.9 Å². The maximum absolute atomic E-state index is 11.8. The van der Waals surface area contributed by atoms with Crippen LogP contribution in [0, 0.1) is 0 Å². The second kappa shape index (κ2) is 7.03. The molecule has 1 saturated heterocycles. The minimum absolute atomic E-state index is 0.0426. The summed E-state index contributed by atoms with van der Waals surface area (Å²) >= 11 is 0. The van der Waals surface area contributed by atoms with Gasteiger partial charge >= 0.3 is 5.97 Å². The minimum Gasteiger partial charge on any atom is -0.480 e. The van der Waals surface area contributed by atoms with Crippen LogP contribution < -0.4 is 4.72 Å². The molecule has 1 unspecified atom stereocenters. The Morgan fingerprint density at radius 2 is 2.05 bits per heavy atom. The summed E-state index contributed by atoms with van der Waals surface area (Å²) in [6, 6.07) is -1.21. The SMILES string of the molecule is CC(=O)N1CCCCC1CCS(=O)(=O)N[C@@H](C)C(=O)O. The molecule has 20 heavy (non-hydrogen) atoms. The van der Waals surface area contributed by atoms with Crippen molar-refractivity contribution in [2.75, 3.05) is 12.3 Å². The maximum Gasteiger partial charge on any atom is 0.321 e. The summed E-state index contributed by atoms with van der Waals surface area (Å²) in [7, 11) is -3.64. The largest absolute Gasteiger partial charge is 0.480 e. The lowest BCUT2D eigenvalue weighted by atomic mass is 10.00. The van der Waals surface area contributed by atoms with Gasteiger partial charge in [0.05, 0.1) is 5.75 Å². The van der Waals surface area contributed by atoms with Gasteiger partial charge in [-0.05, 0) is 32.6 Å². The smallest absolute Gasteiger partial charge is 0.321 e. The molecule has 0 aliphatic carbocycles. The van der Waals surface area contributed by atoms with E-state index in [2.05, 4.69) is 4.72 Å². The number of piperidine rings is 1. The summed E-state index contributed by atoms with van der Waals surface area (Å²) in [4.78, 5) is 23.8. The first-order chi connectivity index (χ1) is 9.23. The van der Waals surface area contributed by atoms with E-state index in [9.17, 15) is 18.0 Å². The fourth-order valence-corrected chi connectivity index (χ4v) is 3.72. The Kier molecular flexibility index (Phi) is 5.94. The van der Waals surface area contributed by atoms with Crippen molar-refractivity contribution in [2.24, 2.45) is 0 Å². The summed E-state index contributed by atoms with van der Waals surface area (Å²) < 4.78 is 25.7. The summed E-state index contributed by atoms with van der Waals surface area (Å²) in [5, 5.41) is 8.70. The van der Waals surface area contributed by atoms with Crippen LogP contribution in [0.4, 0.5) is 0 Å². The van der Waals surface area contributed by atoms with Crippen molar-refractivity contribution in [3.8, 4) is 0 Å². The van der Waals surface area contributed by atoms with Crippen LogP contribution in [-0.4, -0.2) is 54.7 Å². The lowest BCUT2D eigenvalue weighted by molar-refractivity contribution is -0.138. The van der Waals surface area contributed by atoms with E-state index < -0.39 is 22.0 Å². The molecule has 1 aliphatic rings. The van der Waals surface area contributed by atoms with Gasteiger partial charge in [-0.2, -0.15) is 0 Å². The number of hydrogen-bond donors (Lipinski definition) is 2. The van der Waals surface area contributed by atoms with Crippen LogP contribution >= 0.6 is 0 Å². The van der Waals surface area contributed by atoms with E-state index >= 15 is 0 Å². The Balaban J connectivity index is 2.56. The van der Waals surface area contributed by atoms with Gasteiger partial charge in [-0.3, -0.25) is 9.59 Å². The molecular weight excluding hydrogens is 284 g/mol. The van der Waals surface area contributed by atoms with Crippen molar-refractivity contribution in [1.29, 1.82) is 0 Å². The fraction of sp³-hybridized carbons (Fsp3) is 0.833. The van der Waals surface area contributed by atoms with Crippen LogP contribution in [0.25, 0.3) is 0 Å². The zero-order valence-electron chi connectivity index (χ0n) is 11.8. The van der Waals surface area contributed by atoms with Crippen molar-refractivity contribution in [2.45, 2.75) is 51.6 Å². The molecule has 0 aromatic heterocycles. The third kappa shape index (κ3) is 5.09. The van der Waals surface area contributed by atoms with Crippen LogP contribution in [-0.2, 0) is 19.6 Å². The lowest BCUT2D eigenvalue weighted by Crippen LogP contribution is -2.45. The molecule has 8 heteroatoms. The van der Waals surface area contributed by atoms with Gasteiger partial charge < -0.3 is 10.0 Å². The van der Waals surface area contributed by atoms with Gasteiger partial charge in [0, 0.05) is 19.5 Å². The number of hydrogen-bond acceptors (Lipinski definition) is 4. The normalized spacial score (nSPS) is 21.5. The molecule has 0 aromatic carbocycles. The van der Waals surface area contributed by atoms with Gasteiger partial charge in [0.25, 0.3) is 0 Å². The molecule has 1 fully saturated rings. The number of likely N-dealkylation sites (tertiary alicyclic amines) is 1. The molecule has 2 atom stereocenters. The van der Waals surface area contributed by atoms with Crippen LogP contribution in [0.5, 0.6) is 0 Å². The van der Waals surface area contributed by atoms with E-state index in [1.807, 2.05) is 0 Å². The average Bonchev–Trinajstić information content (AvgIpc) is 2.36. The number of sulfonamides is 1. The minimum atomic E-state index is -3.64. The number of nitrogens with zero attached hydrogens (tertiary/aromatic N) is 1. The van der Waals surface area contributed by atoms with Crippen molar-refractivity contribution in [3.63, 3.8) is 0 Å². The molecule has 2 N–H and O–H groups in total. The third-order valence-corrected chi connectivity index (χ3v) is 4.96. The molecule has 0 radical (unpaired) electrons. The van der Waals surface area contributed by atoms with Crippen molar-refractivity contribution >= 4 is 21.9 Å². The molecule has 0 bridgehead atoms. The second-order valence-corrected chi connectivity index (χ2v) is 7.02. The van der Waals surface area contributed by atoms with Crippen molar-refractivity contribution < 1.29 is 23.1 Å². The number of nitrogens with one attached hydrogen (secondary N) is 1. The molecule has 1 rings (SSSR count). The van der Waals surface area contributed by atoms with Crippen molar-refractivity contribution in [1.82, 2.24) is 9.62 Å². The molecule has 0 aromatic rings. The molecular formula is C12H22N2O5S. The highest BCUT2D eigenvalue weighted by Gasteiger charge is 2.27. The van der Waals surface area contributed by atoms with Crippen LogP contribution in [0.1, 0.15) is 39.5 Å². The number of rotatable bonds is 6. The number of amides is 1. The Morgan fingerprint density at radius 3 is 2.60 bits per heavy atom. The highest BCUT2D eigenvalue weighted by Crippen LogP contribution is 2.20. The standard InChI is InChI=1S/C12H22N2O5S/c1-9(12(16)17)13-20(18,19)8-6-11-5-3-4-7-14(11)10(2)15/h9,11,13H,3-8H2,1-2H3,(H,16,17)/t9-,11?/m0/s1. The van der Waals surface area contributed by atoms with E-state index in [1.54, 1.807) is 4.90 Å². The number of carboxylic acids is 1. The molecule has 0 spiro atoms. The van der Waals surface area contributed by atoms with Gasteiger partial charge in [0.15, 0.2) is 0 Å². The van der Waals surface area contributed by atoms with Crippen molar-refractivity contribution in [3.05, 3.63) is 0 Å². The first-order valence-corrected chi connectivity index (χ1v) is 8.38. The lowest BCUT2D eigenvalue weighted by Gasteiger charge is -2.35. The number of carboxylic acid groups (broad SMARTS) is 1. The second-order valence-electron chi connectivity index (χ2n) is 5.15. The van der Waals surface area contributed by atoms with Gasteiger partial charge in [-0.15, -0.1) is 0 Å². The first-order valence-electron chi connectivity index (χ1n) is 6.73. The van der Waals surface area contributed by atoms with E-state index in [-0.39, 0.29) is 17.7 Å². The Morgan fingerprint density at radius 1 is 1.40 bits per heavy atom. The predicted octanol–water partition coefficient (Wildman–Crippen LogP) is 0.170. The highest BCUT2D eigenvalue weighted by atomic mass is 32.2. The molecule has 1 amide bonds. The summed E-state index contributed by atoms with van der Waals surface area (Å²) in [6.45, 7) is 3.43. The predicted molar refractivity (Wildman–Crippen MR) is 73.7 cm³/mol. The van der Waals surface area contributed by atoms with Crippen LogP contribution in [0.3, 0.4) is 0 Å². The molecule has 1 heterocycles. The Bertz CT molecular complexity index is 462. The number of carbonyl (C=O) groups excluding carboxylic acids is 1. The van der Waals surface area contributed by atoms with Crippen LogP contribution in [0.2, 0.25) is 0 Å². The Labute approximate surface area is 119 Å². The third-order valence-electron chi connectivity index (χ3n) is 3.48. The zero-order chi connectivity index (χ0) is 15.3. The van der Waals surface area contributed by atoms with Gasteiger partial charge in [-0.25, -0.2) is 13.1 Å². The molecule has 116 valence electrons. The number of carbonyl (C=O) groups is 2. The zero-order valence-corrected chi connectivity index (χ0v) is 12.6. The first kappa shape index (κ1) is 16.9. The van der Waals surface area contributed by atoms with E-state index in [0.717, 1.165) is 19.3 Å². The quantitative estimate of drug-likeness (QED) is 0.728. The summed E-state index contributed by atoms with van der Waals surface area (Å²) in [6.07, 6.45) is 3.05. The average molecular weight is 306 g/mol. The highest BCUT2D eigenvalue weighted by molar-refractivity contribution is 7.89. The fourth-order valence-electron chi connectivity index (χ4n) is 2.39. The van der Waals surface area contributed by atoms with Crippen LogP contribution in [0.15, 0.2) is 0 Å². The van der Waals surface area contributed by atoms with E-state index in [1.165, 1.54) is 13.8 Å². The molecule has 1 aliphatic heterocycles. The van der Waals surface area contributed by atoms with Gasteiger partial charge in [-0.1, -0.05) is 0 Å². The van der Waals surface area contributed by atoms with E-state index in [4.69, 9.17) is 5.11 Å². The Hall–Kier alpha value is -1.15. The number of aliphatic carboxylic acids is 1. The van der Waals surface area contributed by atoms with Gasteiger partial charge in [0.1, 0.15) is 6.04 Å². The van der Waals surface area contributed by atoms with E-state index in [0.29, 0.717) is 13.0 Å². The summed E-state index contributed by atoms with van der Waals surface area (Å²) in [5.41, 5.74) is 0. The maximum atomic E-state index is 11.8. The monoisotopic (exact) mass is 306 g/mol. The molecule has 0 saturated carbocycles.